The predicted molar refractivity (Wildman–Crippen MR) is 122 cm³/mol. The zero-order valence-corrected chi connectivity index (χ0v) is 17.0. The van der Waals surface area contributed by atoms with Gasteiger partial charge in [0, 0.05) is 23.3 Å². The number of anilines is 1. The van der Waals surface area contributed by atoms with E-state index in [2.05, 4.69) is 17.0 Å². The third-order valence-electron chi connectivity index (χ3n) is 4.62. The lowest BCUT2D eigenvalue weighted by molar-refractivity contribution is 0.102. The number of fused-ring (bicyclic) bond motifs is 2. The maximum Gasteiger partial charge on any atom is 0.259 e. The number of carbonyl (C=O) groups is 1. The van der Waals surface area contributed by atoms with Crippen LogP contribution in [0.5, 0.6) is 17.2 Å². The summed E-state index contributed by atoms with van der Waals surface area (Å²) in [5.74, 6) is 1.97. The lowest BCUT2D eigenvalue weighted by Crippen LogP contribution is -2.10. The minimum atomic E-state index is -0.188. The topological polar surface area (TPSA) is 70.9 Å². The van der Waals surface area contributed by atoms with E-state index in [9.17, 15) is 9.90 Å². The van der Waals surface area contributed by atoms with Crippen LogP contribution in [-0.4, -0.2) is 17.7 Å². The SMILES string of the molecule is C=N/C=C(/Cc1ccc2c(c1)NC(=O)c1ccccc1O2)SCc1ccc(O)cc1. The molecule has 0 bridgehead atoms. The second-order valence-electron chi connectivity index (χ2n) is 6.79. The number of ether oxygens (including phenoxy) is 1. The summed E-state index contributed by atoms with van der Waals surface area (Å²) in [6.07, 6.45) is 2.40. The molecule has 0 radical (unpaired) electrons. The van der Waals surface area contributed by atoms with Crippen LogP contribution in [0.2, 0.25) is 0 Å². The highest BCUT2D eigenvalue weighted by Crippen LogP contribution is 2.37. The normalized spacial score (nSPS) is 12.8. The third-order valence-corrected chi connectivity index (χ3v) is 5.72. The number of nitrogens with one attached hydrogen (secondary N) is 1. The number of aliphatic imine (C=N–C) groups is 1. The highest BCUT2D eigenvalue weighted by molar-refractivity contribution is 8.02. The van der Waals surface area contributed by atoms with Gasteiger partial charge in [-0.3, -0.25) is 9.79 Å². The maximum atomic E-state index is 12.5. The van der Waals surface area contributed by atoms with Gasteiger partial charge in [-0.2, -0.15) is 0 Å². The number of thioether (sulfide) groups is 1. The van der Waals surface area contributed by atoms with Crippen molar-refractivity contribution in [1.29, 1.82) is 0 Å². The summed E-state index contributed by atoms with van der Waals surface area (Å²) in [5, 5.41) is 12.4. The fourth-order valence-corrected chi connectivity index (χ4v) is 4.09. The van der Waals surface area contributed by atoms with E-state index in [0.717, 1.165) is 21.8 Å². The number of aromatic hydroxyl groups is 1. The Labute approximate surface area is 179 Å². The molecule has 5 nitrogen and oxygen atoms in total. The third kappa shape index (κ3) is 4.55. The van der Waals surface area contributed by atoms with Crippen LogP contribution in [-0.2, 0) is 12.2 Å². The van der Waals surface area contributed by atoms with Crippen LogP contribution in [0.15, 0.2) is 82.8 Å². The molecule has 0 saturated heterocycles. The Balaban J connectivity index is 1.50. The molecular formula is C24H20N2O3S. The Morgan fingerprint density at radius 2 is 1.83 bits per heavy atom. The van der Waals surface area contributed by atoms with Gasteiger partial charge in [0.1, 0.15) is 11.5 Å². The molecule has 0 saturated carbocycles. The molecule has 4 rings (SSSR count). The van der Waals surface area contributed by atoms with Gasteiger partial charge in [0.25, 0.3) is 5.91 Å². The number of carbonyl (C=O) groups excluding carboxylic acids is 1. The Morgan fingerprint density at radius 3 is 2.63 bits per heavy atom. The molecule has 3 aromatic carbocycles. The van der Waals surface area contributed by atoms with Crippen LogP contribution in [0.4, 0.5) is 5.69 Å². The minimum absolute atomic E-state index is 0.188. The molecule has 6 heteroatoms. The van der Waals surface area contributed by atoms with Crippen molar-refractivity contribution in [3.63, 3.8) is 0 Å². The van der Waals surface area contributed by atoms with Crippen molar-refractivity contribution in [3.8, 4) is 17.2 Å². The lowest BCUT2D eigenvalue weighted by Gasteiger charge is -2.11. The molecule has 1 amide bonds. The summed E-state index contributed by atoms with van der Waals surface area (Å²) in [4.78, 5) is 17.5. The van der Waals surface area contributed by atoms with Gasteiger partial charge in [-0.25, -0.2) is 0 Å². The standard InChI is InChI=1S/C24H20N2O3S/c1-25-14-19(30-15-16-6-9-18(27)10-7-16)12-17-8-11-23-21(13-17)26-24(28)20-4-2-3-5-22(20)29-23/h2-11,13-14,27H,1,12,15H2,(H,26,28)/b19-14-. The Kier molecular flexibility index (Phi) is 5.86. The van der Waals surface area contributed by atoms with Crippen LogP contribution in [0.25, 0.3) is 0 Å². The van der Waals surface area contributed by atoms with E-state index in [4.69, 9.17) is 4.74 Å². The van der Waals surface area contributed by atoms with E-state index in [-0.39, 0.29) is 11.7 Å². The van der Waals surface area contributed by atoms with E-state index >= 15 is 0 Å². The van der Waals surface area contributed by atoms with E-state index in [0.29, 0.717) is 29.2 Å². The van der Waals surface area contributed by atoms with Crippen molar-refractivity contribution in [3.05, 3.63) is 94.5 Å². The average Bonchev–Trinajstić information content (AvgIpc) is 2.89. The fourth-order valence-electron chi connectivity index (χ4n) is 3.13. The van der Waals surface area contributed by atoms with Gasteiger partial charge in [0.2, 0.25) is 0 Å². The van der Waals surface area contributed by atoms with Gasteiger partial charge in [-0.1, -0.05) is 30.3 Å². The Hall–Kier alpha value is -3.51. The molecule has 0 fully saturated rings. The van der Waals surface area contributed by atoms with Crippen molar-refractivity contribution in [2.24, 2.45) is 4.99 Å². The van der Waals surface area contributed by atoms with Gasteiger partial charge in [-0.05, 0) is 54.2 Å². The molecule has 2 N–H and O–H groups in total. The summed E-state index contributed by atoms with van der Waals surface area (Å²) in [5.41, 5.74) is 3.28. The van der Waals surface area contributed by atoms with E-state index in [1.807, 2.05) is 42.5 Å². The van der Waals surface area contributed by atoms with Gasteiger partial charge < -0.3 is 15.2 Å². The zero-order chi connectivity index (χ0) is 20.9. The van der Waals surface area contributed by atoms with Crippen LogP contribution in [0, 0.1) is 0 Å². The number of nitrogens with zero attached hydrogens (tertiary/aromatic N) is 1. The fraction of sp³-hybridized carbons (Fsp3) is 0.0833. The zero-order valence-electron chi connectivity index (χ0n) is 16.2. The molecule has 150 valence electrons. The quantitative estimate of drug-likeness (QED) is 0.501. The molecule has 1 aliphatic rings. The first-order valence-corrected chi connectivity index (χ1v) is 10.4. The van der Waals surface area contributed by atoms with Gasteiger partial charge in [0.05, 0.1) is 11.3 Å². The molecule has 0 spiro atoms. The molecule has 1 aliphatic heterocycles. The molecule has 3 aromatic rings. The average molecular weight is 417 g/mol. The number of rotatable bonds is 6. The van der Waals surface area contributed by atoms with Crippen LogP contribution < -0.4 is 10.1 Å². The first-order valence-electron chi connectivity index (χ1n) is 9.39. The molecule has 0 aliphatic carbocycles. The first-order chi connectivity index (χ1) is 14.6. The second-order valence-corrected chi connectivity index (χ2v) is 7.89. The van der Waals surface area contributed by atoms with E-state index < -0.39 is 0 Å². The number of allylic oxidation sites excluding steroid dienone is 1. The summed E-state index contributed by atoms with van der Waals surface area (Å²) in [7, 11) is 0. The summed E-state index contributed by atoms with van der Waals surface area (Å²) >= 11 is 1.66. The van der Waals surface area contributed by atoms with Crippen LogP contribution in [0.3, 0.4) is 0 Å². The molecule has 0 atom stereocenters. The lowest BCUT2D eigenvalue weighted by atomic mass is 10.1. The number of para-hydroxylation sites is 1. The second kappa shape index (κ2) is 8.88. The maximum absolute atomic E-state index is 12.5. The van der Waals surface area contributed by atoms with Crippen LogP contribution >= 0.6 is 11.8 Å². The van der Waals surface area contributed by atoms with Gasteiger partial charge in [0.15, 0.2) is 5.75 Å². The molecule has 0 aromatic heterocycles. The monoisotopic (exact) mass is 416 g/mol. The Bertz CT molecular complexity index is 1120. The highest BCUT2D eigenvalue weighted by atomic mass is 32.2. The molecule has 30 heavy (non-hydrogen) atoms. The number of hydrogen-bond donors (Lipinski definition) is 2. The number of hydrogen-bond acceptors (Lipinski definition) is 5. The van der Waals surface area contributed by atoms with Gasteiger partial charge >= 0.3 is 0 Å². The number of phenols is 1. The summed E-state index contributed by atoms with van der Waals surface area (Å²) in [6.45, 7) is 3.57. The van der Waals surface area contributed by atoms with E-state index in [1.165, 1.54) is 0 Å². The Morgan fingerprint density at radius 1 is 1.07 bits per heavy atom. The number of benzene rings is 3. The summed E-state index contributed by atoms with van der Waals surface area (Å²) < 4.78 is 5.94. The van der Waals surface area contributed by atoms with Gasteiger partial charge in [-0.15, -0.1) is 11.8 Å². The first kappa shape index (κ1) is 19.8. The van der Waals surface area contributed by atoms with Crippen molar-refractivity contribution in [2.75, 3.05) is 5.32 Å². The van der Waals surface area contributed by atoms with Crippen molar-refractivity contribution in [2.45, 2.75) is 12.2 Å². The van der Waals surface area contributed by atoms with Crippen molar-refractivity contribution < 1.29 is 14.6 Å². The molecule has 1 heterocycles. The van der Waals surface area contributed by atoms with Crippen molar-refractivity contribution >= 4 is 30.1 Å². The molecular weight excluding hydrogens is 396 g/mol. The van der Waals surface area contributed by atoms with E-state index in [1.54, 1.807) is 42.2 Å². The number of phenolic OH excluding ortho intramolecular Hbond substituents is 1. The molecule has 0 unspecified atom stereocenters. The summed E-state index contributed by atoms with van der Waals surface area (Å²) in [6, 6.07) is 20.1. The van der Waals surface area contributed by atoms with Crippen molar-refractivity contribution in [1.82, 2.24) is 0 Å². The minimum Gasteiger partial charge on any atom is -0.508 e. The highest BCUT2D eigenvalue weighted by Gasteiger charge is 2.20. The predicted octanol–water partition coefficient (Wildman–Crippen LogP) is 5.77. The largest absolute Gasteiger partial charge is 0.508 e. The van der Waals surface area contributed by atoms with Crippen LogP contribution in [0.1, 0.15) is 21.5 Å². The smallest absolute Gasteiger partial charge is 0.259 e. The number of amides is 1.